The van der Waals surface area contributed by atoms with Gasteiger partial charge in [-0.1, -0.05) is 18.1 Å². The Morgan fingerprint density at radius 2 is 2.00 bits per heavy atom. The third-order valence-electron chi connectivity index (χ3n) is 6.25. The highest BCUT2D eigenvalue weighted by molar-refractivity contribution is 7.11. The number of nitrogens with one attached hydrogen (secondary N) is 1. The van der Waals surface area contributed by atoms with Crippen LogP contribution in [0, 0.1) is 37.5 Å². The Hall–Kier alpha value is -3.44. The number of carbonyl (C=O) groups excluding carboxylic acids is 2. The van der Waals surface area contributed by atoms with Crippen LogP contribution in [0.25, 0.3) is 0 Å². The predicted molar refractivity (Wildman–Crippen MR) is 137 cm³/mol. The lowest BCUT2D eigenvalue weighted by Crippen LogP contribution is -2.47. The van der Waals surface area contributed by atoms with Crippen LogP contribution in [0.2, 0.25) is 0 Å². The van der Waals surface area contributed by atoms with Crippen molar-refractivity contribution >= 4 is 28.9 Å². The highest BCUT2D eigenvalue weighted by Gasteiger charge is 2.40. The molecule has 0 bridgehead atoms. The van der Waals surface area contributed by atoms with Gasteiger partial charge in [0.25, 0.3) is 5.91 Å². The smallest absolute Gasteiger partial charge is 0.296 e. The van der Waals surface area contributed by atoms with E-state index in [2.05, 4.69) is 34.3 Å². The fraction of sp³-hybridized carbons (Fsp3) is 0.407. The molecule has 7 nitrogen and oxygen atoms in total. The van der Waals surface area contributed by atoms with Crippen molar-refractivity contribution in [2.24, 2.45) is 16.9 Å². The summed E-state index contributed by atoms with van der Waals surface area (Å²) in [7, 11) is 1.58. The Morgan fingerprint density at radius 1 is 1.26 bits per heavy atom. The summed E-state index contributed by atoms with van der Waals surface area (Å²) in [6.07, 6.45) is 5.69. The average molecular weight is 491 g/mol. The summed E-state index contributed by atoms with van der Waals surface area (Å²) in [5, 5.41) is 10.2. The van der Waals surface area contributed by atoms with Crippen molar-refractivity contribution in [1.82, 2.24) is 15.3 Å². The molecule has 0 saturated heterocycles. The number of ether oxygens (including phenoxy) is 1. The molecule has 1 aromatic heterocycles. The van der Waals surface area contributed by atoms with Crippen molar-refractivity contribution in [2.45, 2.75) is 53.1 Å². The second-order valence-corrected chi connectivity index (χ2v) is 10.3. The zero-order valence-electron chi connectivity index (χ0n) is 20.7. The van der Waals surface area contributed by atoms with Crippen molar-refractivity contribution in [3.8, 4) is 17.6 Å². The van der Waals surface area contributed by atoms with Crippen LogP contribution in [0.1, 0.15) is 53.4 Å². The Morgan fingerprint density at radius 3 is 2.66 bits per heavy atom. The number of hydrogen-bond donors (Lipinski definition) is 1. The van der Waals surface area contributed by atoms with Crippen molar-refractivity contribution in [1.29, 1.82) is 0 Å². The Balaban J connectivity index is 1.61. The molecule has 1 N–H and O–H groups in total. The van der Waals surface area contributed by atoms with Gasteiger partial charge in [0.05, 0.1) is 41.5 Å². The van der Waals surface area contributed by atoms with Crippen LogP contribution >= 0.6 is 11.3 Å². The molecule has 182 valence electrons. The van der Waals surface area contributed by atoms with Gasteiger partial charge >= 0.3 is 0 Å². The lowest BCUT2D eigenvalue weighted by Gasteiger charge is -2.38. The first-order valence-corrected chi connectivity index (χ1v) is 12.6. The van der Waals surface area contributed by atoms with Gasteiger partial charge in [-0.15, -0.1) is 11.3 Å². The highest BCUT2D eigenvalue weighted by atomic mass is 32.1. The van der Waals surface area contributed by atoms with Crippen molar-refractivity contribution in [3.63, 3.8) is 0 Å². The number of thiazole rings is 1. The first kappa shape index (κ1) is 24.7. The van der Waals surface area contributed by atoms with Crippen molar-refractivity contribution in [3.05, 3.63) is 57.1 Å². The average Bonchev–Trinajstić information content (AvgIpc) is 3.18. The molecule has 0 fully saturated rings. The number of nitrogens with zero attached hydrogens (tertiary/aromatic N) is 3. The maximum absolute atomic E-state index is 13.0. The number of carbonyl (C=O) groups is 2. The standard InChI is InChI=1S/C27H30N4O3S/c1-16(2)31-27(33)22-9-7-6-8-21(22)26(30-31)20-10-12-23(34-5)19(14-20)11-13-25(32)28-15-24-17(3)29-18(4)35-24/h6-7,10,12,14,16,21-22H,8-9,15H2,1-5H3,(H,28,32)/t21-,22+/m0/s1. The van der Waals surface area contributed by atoms with Crippen LogP contribution in [0.4, 0.5) is 0 Å². The first-order chi connectivity index (χ1) is 16.8. The SMILES string of the molecule is COc1ccc(C2=NN(C(C)C)C(=O)[C@@H]3CC=CC[C@H]23)cc1C#CC(=O)NCc1sc(C)nc1C. The number of allylic oxidation sites excluding steroid dienone is 2. The summed E-state index contributed by atoms with van der Waals surface area (Å²) in [6.45, 7) is 8.21. The monoisotopic (exact) mass is 490 g/mol. The topological polar surface area (TPSA) is 83.9 Å². The van der Waals surface area contributed by atoms with Crippen molar-refractivity contribution < 1.29 is 14.3 Å². The van der Waals surface area contributed by atoms with E-state index in [0.717, 1.165) is 33.3 Å². The Kier molecular flexibility index (Phi) is 7.37. The lowest BCUT2D eigenvalue weighted by atomic mass is 9.76. The maximum Gasteiger partial charge on any atom is 0.296 e. The molecule has 4 rings (SSSR count). The molecule has 0 spiro atoms. The molecule has 35 heavy (non-hydrogen) atoms. The zero-order chi connectivity index (χ0) is 25.1. The maximum atomic E-state index is 13.0. The second-order valence-electron chi connectivity index (χ2n) is 9.01. The van der Waals surface area contributed by atoms with E-state index in [1.165, 1.54) is 0 Å². The van der Waals surface area contributed by atoms with E-state index in [4.69, 9.17) is 9.84 Å². The molecule has 1 aromatic carbocycles. The number of hydrogen-bond acceptors (Lipinski definition) is 6. The number of rotatable bonds is 5. The van der Waals surface area contributed by atoms with E-state index in [0.29, 0.717) is 24.3 Å². The number of amides is 2. The van der Waals surface area contributed by atoms with Gasteiger partial charge < -0.3 is 10.1 Å². The van der Waals surface area contributed by atoms with Crippen LogP contribution in [0.5, 0.6) is 5.75 Å². The molecule has 8 heteroatoms. The van der Waals surface area contributed by atoms with Crippen LogP contribution < -0.4 is 10.1 Å². The minimum atomic E-state index is -0.369. The fourth-order valence-electron chi connectivity index (χ4n) is 4.47. The van der Waals surface area contributed by atoms with Gasteiger partial charge in [-0.25, -0.2) is 9.99 Å². The van der Waals surface area contributed by atoms with Gasteiger partial charge in [0.1, 0.15) is 5.75 Å². The molecule has 2 aliphatic rings. The molecule has 2 atom stereocenters. The summed E-state index contributed by atoms with van der Waals surface area (Å²) in [5.41, 5.74) is 3.28. The van der Waals surface area contributed by atoms with Gasteiger partial charge in [0.15, 0.2) is 0 Å². The van der Waals surface area contributed by atoms with E-state index in [9.17, 15) is 9.59 Å². The van der Waals surface area contributed by atoms with E-state index in [1.54, 1.807) is 23.5 Å². The number of methoxy groups -OCH3 is 1. The molecule has 2 amide bonds. The summed E-state index contributed by atoms with van der Waals surface area (Å²) >= 11 is 1.57. The van der Waals surface area contributed by atoms with Crippen LogP contribution in [0.15, 0.2) is 35.5 Å². The quantitative estimate of drug-likeness (QED) is 0.508. The molecule has 2 heterocycles. The number of aromatic nitrogens is 1. The van der Waals surface area contributed by atoms with E-state index >= 15 is 0 Å². The Bertz CT molecular complexity index is 1260. The van der Waals surface area contributed by atoms with Gasteiger partial charge in [-0.3, -0.25) is 9.59 Å². The molecule has 0 unspecified atom stereocenters. The van der Waals surface area contributed by atoms with Gasteiger partial charge in [0, 0.05) is 22.8 Å². The zero-order valence-corrected chi connectivity index (χ0v) is 21.5. The normalized spacial score (nSPS) is 19.1. The van der Waals surface area contributed by atoms with Crippen LogP contribution in [-0.4, -0.2) is 40.7 Å². The van der Waals surface area contributed by atoms with Crippen LogP contribution in [-0.2, 0) is 16.1 Å². The van der Waals surface area contributed by atoms with Gasteiger partial charge in [-0.2, -0.15) is 5.10 Å². The van der Waals surface area contributed by atoms with Crippen LogP contribution in [0.3, 0.4) is 0 Å². The summed E-state index contributed by atoms with van der Waals surface area (Å²) in [4.78, 5) is 30.8. The second kappa shape index (κ2) is 10.4. The summed E-state index contributed by atoms with van der Waals surface area (Å²) < 4.78 is 5.49. The first-order valence-electron chi connectivity index (χ1n) is 11.8. The highest BCUT2D eigenvalue weighted by Crippen LogP contribution is 2.36. The van der Waals surface area contributed by atoms with Gasteiger partial charge in [-0.05, 0) is 64.3 Å². The van der Waals surface area contributed by atoms with E-state index < -0.39 is 0 Å². The molecule has 1 aliphatic heterocycles. The summed E-state index contributed by atoms with van der Waals surface area (Å²) in [6, 6.07) is 5.66. The number of fused-ring (bicyclic) bond motifs is 1. The van der Waals surface area contributed by atoms with E-state index in [-0.39, 0.29) is 29.7 Å². The molecule has 1 aliphatic carbocycles. The largest absolute Gasteiger partial charge is 0.495 e. The molecule has 0 saturated carbocycles. The van der Waals surface area contributed by atoms with Gasteiger partial charge in [0.2, 0.25) is 5.91 Å². The molecule has 0 radical (unpaired) electrons. The predicted octanol–water partition coefficient (Wildman–Crippen LogP) is 3.97. The minimum absolute atomic E-state index is 0.0195. The molecular weight excluding hydrogens is 460 g/mol. The minimum Gasteiger partial charge on any atom is -0.495 e. The fourth-order valence-corrected chi connectivity index (χ4v) is 5.35. The number of hydrazone groups is 1. The third-order valence-corrected chi connectivity index (χ3v) is 7.32. The number of aryl methyl sites for hydroxylation is 2. The summed E-state index contributed by atoms with van der Waals surface area (Å²) in [5.74, 6) is 5.84. The van der Waals surface area contributed by atoms with E-state index in [1.807, 2.05) is 45.9 Å². The molecule has 2 aromatic rings. The molecular formula is C27H30N4O3S. The number of benzene rings is 1. The van der Waals surface area contributed by atoms with Crippen molar-refractivity contribution in [2.75, 3.05) is 7.11 Å². The lowest BCUT2D eigenvalue weighted by molar-refractivity contribution is -0.139. The third kappa shape index (κ3) is 5.30. The Labute approximate surface area is 210 Å².